The van der Waals surface area contributed by atoms with Crippen molar-refractivity contribution < 1.29 is 13.6 Å². The third-order valence-corrected chi connectivity index (χ3v) is 3.51. The molecular formula is C15H12F2OS. The Labute approximate surface area is 114 Å². The lowest BCUT2D eigenvalue weighted by Gasteiger charge is -2.17. The second kappa shape index (κ2) is 5.53. The molecule has 0 spiro atoms. The molecule has 0 aliphatic rings. The van der Waals surface area contributed by atoms with Crippen LogP contribution in [0, 0.1) is 0 Å². The summed E-state index contributed by atoms with van der Waals surface area (Å²) in [5.74, 6) is -0.384. The number of alkyl halides is 2. The van der Waals surface area contributed by atoms with Crippen molar-refractivity contribution in [3.63, 3.8) is 0 Å². The Balaban J connectivity index is 2.49. The van der Waals surface area contributed by atoms with Gasteiger partial charge in [-0.3, -0.25) is 4.79 Å². The zero-order chi connectivity index (χ0) is 13.9. The highest BCUT2D eigenvalue weighted by molar-refractivity contribution is 7.99. The number of benzene rings is 2. The highest BCUT2D eigenvalue weighted by atomic mass is 32.2. The molecule has 2 aromatic carbocycles. The van der Waals surface area contributed by atoms with Crippen LogP contribution in [0.2, 0.25) is 0 Å². The lowest BCUT2D eigenvalue weighted by Crippen LogP contribution is -2.14. The van der Waals surface area contributed by atoms with Crippen LogP contribution < -0.4 is 0 Å². The minimum absolute atomic E-state index is 0.0491. The second-order valence-electron chi connectivity index (χ2n) is 3.96. The zero-order valence-corrected chi connectivity index (χ0v) is 11.1. The maximum Gasteiger partial charge on any atom is 0.319 e. The van der Waals surface area contributed by atoms with Crippen molar-refractivity contribution in [2.24, 2.45) is 0 Å². The summed E-state index contributed by atoms with van der Waals surface area (Å²) in [5, 5.41) is -3.07. The first-order valence-corrected chi connectivity index (χ1v) is 6.91. The molecule has 0 amide bonds. The van der Waals surface area contributed by atoms with Crippen molar-refractivity contribution in [3.05, 3.63) is 71.3 Å². The number of halogens is 2. The van der Waals surface area contributed by atoms with E-state index in [0.717, 1.165) is 0 Å². The van der Waals surface area contributed by atoms with Crippen molar-refractivity contribution in [1.82, 2.24) is 0 Å². The van der Waals surface area contributed by atoms with Crippen molar-refractivity contribution in [2.45, 2.75) is 5.25 Å². The van der Waals surface area contributed by atoms with Crippen LogP contribution >= 0.6 is 11.8 Å². The quantitative estimate of drug-likeness (QED) is 0.774. The smallest absolute Gasteiger partial charge is 0.289 e. The van der Waals surface area contributed by atoms with Crippen molar-refractivity contribution in [2.75, 3.05) is 6.26 Å². The van der Waals surface area contributed by atoms with Crippen molar-refractivity contribution >= 4 is 17.5 Å². The number of hydrogen-bond donors (Lipinski definition) is 0. The van der Waals surface area contributed by atoms with Crippen LogP contribution in [0.4, 0.5) is 8.78 Å². The first-order valence-electron chi connectivity index (χ1n) is 5.68. The normalized spacial score (nSPS) is 11.3. The second-order valence-corrected chi connectivity index (χ2v) is 4.88. The Morgan fingerprint density at radius 3 is 2.21 bits per heavy atom. The van der Waals surface area contributed by atoms with Gasteiger partial charge < -0.3 is 0 Å². The van der Waals surface area contributed by atoms with Crippen LogP contribution in [0.5, 0.6) is 0 Å². The van der Waals surface area contributed by atoms with Gasteiger partial charge in [0.2, 0.25) is 0 Å². The van der Waals surface area contributed by atoms with Gasteiger partial charge in [0.25, 0.3) is 0 Å². The minimum Gasteiger partial charge on any atom is -0.289 e. The zero-order valence-electron chi connectivity index (χ0n) is 10.3. The topological polar surface area (TPSA) is 17.1 Å². The van der Waals surface area contributed by atoms with E-state index >= 15 is 0 Å². The van der Waals surface area contributed by atoms with E-state index in [9.17, 15) is 13.6 Å². The largest absolute Gasteiger partial charge is 0.319 e. The van der Waals surface area contributed by atoms with E-state index < -0.39 is 5.25 Å². The fraction of sp³-hybridized carbons (Fsp3) is 0.133. The van der Waals surface area contributed by atoms with E-state index in [4.69, 9.17) is 0 Å². The van der Waals surface area contributed by atoms with Crippen LogP contribution in [0.15, 0.2) is 54.6 Å². The van der Waals surface area contributed by atoms with Gasteiger partial charge in [-0.1, -0.05) is 66.4 Å². The van der Waals surface area contributed by atoms with Crippen molar-refractivity contribution in [1.29, 1.82) is 0 Å². The minimum atomic E-state index is -3.07. The molecule has 2 aromatic rings. The number of hydrogen-bond acceptors (Lipinski definition) is 2. The third kappa shape index (κ3) is 2.84. The molecule has 98 valence electrons. The lowest BCUT2D eigenvalue weighted by molar-refractivity contribution is 0.0958. The van der Waals surface area contributed by atoms with Crippen LogP contribution in [0.25, 0.3) is 0 Å². The number of carbonyl (C=O) groups excluding carboxylic acids is 1. The van der Waals surface area contributed by atoms with Crippen LogP contribution in [-0.2, 0) is 5.25 Å². The van der Waals surface area contributed by atoms with E-state index in [1.807, 2.05) is 0 Å². The molecule has 1 nitrogen and oxygen atoms in total. The fourth-order valence-corrected chi connectivity index (χ4v) is 2.19. The summed E-state index contributed by atoms with van der Waals surface area (Å²) in [5.41, 5.74) is 0.219. The Kier molecular flexibility index (Phi) is 4.00. The fourth-order valence-electron chi connectivity index (χ4n) is 1.79. The Hall–Kier alpha value is -1.68. The molecule has 0 aliphatic heterocycles. The van der Waals surface area contributed by atoms with E-state index in [1.165, 1.54) is 24.5 Å². The van der Waals surface area contributed by atoms with Gasteiger partial charge in [0.05, 0.1) is 0 Å². The molecular weight excluding hydrogens is 266 g/mol. The Morgan fingerprint density at radius 2 is 1.58 bits per heavy atom. The van der Waals surface area contributed by atoms with Gasteiger partial charge in [0, 0.05) is 16.7 Å². The summed E-state index contributed by atoms with van der Waals surface area (Å²) < 4.78 is 27.7. The average Bonchev–Trinajstić information content (AvgIpc) is 2.47. The maximum atomic E-state index is 13.8. The Bertz CT molecular complexity index is 582. The molecule has 0 bridgehead atoms. The molecule has 0 N–H and O–H groups in total. The molecule has 19 heavy (non-hydrogen) atoms. The van der Waals surface area contributed by atoms with Gasteiger partial charge >= 0.3 is 5.25 Å². The number of rotatable bonds is 4. The highest BCUT2D eigenvalue weighted by Crippen LogP contribution is 2.40. The first kappa shape index (κ1) is 13.7. The van der Waals surface area contributed by atoms with Crippen LogP contribution in [0.1, 0.15) is 21.5 Å². The average molecular weight is 278 g/mol. The summed E-state index contributed by atoms with van der Waals surface area (Å²) >= 11 is 0.421. The summed E-state index contributed by atoms with van der Waals surface area (Å²) in [6.07, 6.45) is 1.32. The monoisotopic (exact) mass is 278 g/mol. The molecule has 0 heterocycles. The third-order valence-electron chi connectivity index (χ3n) is 2.78. The predicted octanol–water partition coefficient (Wildman–Crippen LogP) is 4.33. The summed E-state index contributed by atoms with van der Waals surface area (Å²) in [6, 6.07) is 14.3. The molecule has 0 fully saturated rings. The van der Waals surface area contributed by atoms with Gasteiger partial charge in [-0.05, 0) is 6.26 Å². The van der Waals surface area contributed by atoms with Crippen LogP contribution in [0.3, 0.4) is 0 Å². The Morgan fingerprint density at radius 1 is 1.00 bits per heavy atom. The van der Waals surface area contributed by atoms with Crippen molar-refractivity contribution in [3.8, 4) is 0 Å². The SMILES string of the molecule is CSC(F)(F)c1ccccc1C(=O)c1ccccc1. The summed E-state index contributed by atoms with van der Waals surface area (Å²) in [6.45, 7) is 0. The molecule has 0 saturated heterocycles. The van der Waals surface area contributed by atoms with E-state index in [-0.39, 0.29) is 16.9 Å². The van der Waals surface area contributed by atoms with E-state index in [2.05, 4.69) is 0 Å². The number of ketones is 1. The van der Waals surface area contributed by atoms with Gasteiger partial charge in [-0.25, -0.2) is 0 Å². The molecule has 0 aliphatic carbocycles. The van der Waals surface area contributed by atoms with Crippen LogP contribution in [-0.4, -0.2) is 12.0 Å². The van der Waals surface area contributed by atoms with Gasteiger partial charge in [0.1, 0.15) is 0 Å². The van der Waals surface area contributed by atoms with Gasteiger partial charge in [-0.2, -0.15) is 8.78 Å². The van der Waals surface area contributed by atoms with E-state index in [0.29, 0.717) is 17.3 Å². The first-order chi connectivity index (χ1) is 9.06. The molecule has 0 unspecified atom stereocenters. The number of carbonyl (C=O) groups is 1. The summed E-state index contributed by atoms with van der Waals surface area (Å²) in [7, 11) is 0. The molecule has 0 aromatic heterocycles. The predicted molar refractivity (Wildman–Crippen MR) is 73.7 cm³/mol. The van der Waals surface area contributed by atoms with E-state index in [1.54, 1.807) is 36.4 Å². The molecule has 0 radical (unpaired) electrons. The molecule has 0 saturated carbocycles. The molecule has 0 atom stereocenters. The highest BCUT2D eigenvalue weighted by Gasteiger charge is 2.34. The molecule has 2 rings (SSSR count). The van der Waals surface area contributed by atoms with Gasteiger partial charge in [0.15, 0.2) is 5.78 Å². The maximum absolute atomic E-state index is 13.8. The summed E-state index contributed by atoms with van der Waals surface area (Å²) in [4.78, 5) is 12.3. The number of thioether (sulfide) groups is 1. The standard InChI is InChI=1S/C15H12F2OS/c1-19-15(16,17)13-10-6-5-9-12(13)14(18)11-7-3-2-4-8-11/h2-10H,1H3. The molecule has 4 heteroatoms. The van der Waals surface area contributed by atoms with Gasteiger partial charge in [-0.15, -0.1) is 0 Å². The lowest BCUT2D eigenvalue weighted by atomic mass is 9.98.